The van der Waals surface area contributed by atoms with Gasteiger partial charge >= 0.3 is 0 Å². The van der Waals surface area contributed by atoms with E-state index in [1.165, 1.54) is 18.9 Å². The van der Waals surface area contributed by atoms with Gasteiger partial charge in [-0.05, 0) is 44.1 Å². The lowest BCUT2D eigenvalue weighted by atomic mass is 10.3. The summed E-state index contributed by atoms with van der Waals surface area (Å²) in [6, 6.07) is 4.81. The highest BCUT2D eigenvalue weighted by Gasteiger charge is 2.16. The third-order valence-electron chi connectivity index (χ3n) is 3.08. The number of sulfonamides is 1. The first kappa shape index (κ1) is 14.8. The lowest BCUT2D eigenvalue weighted by molar-refractivity contribution is 0.234. The molecule has 0 unspecified atom stereocenters. The number of primary sulfonamides is 1. The molecule has 1 heterocycles. The number of likely N-dealkylation sites (tertiary alicyclic amines) is 1. The summed E-state index contributed by atoms with van der Waals surface area (Å²) in [5, 5.41) is 5.18. The molecule has 5 nitrogen and oxygen atoms in total. The quantitative estimate of drug-likeness (QED) is 0.876. The molecule has 106 valence electrons. The van der Waals surface area contributed by atoms with Gasteiger partial charge in [0.25, 0.3) is 0 Å². The van der Waals surface area contributed by atoms with Crippen LogP contribution in [-0.2, 0) is 10.0 Å². The highest BCUT2D eigenvalue weighted by Crippen LogP contribution is 2.26. The van der Waals surface area contributed by atoms with E-state index in [0.29, 0.717) is 16.8 Å². The summed E-state index contributed by atoms with van der Waals surface area (Å²) in [6.45, 7) is 3.45. The molecule has 2 rings (SSSR count). The Bertz CT molecular complexity index is 542. The number of nitrogens with two attached hydrogens (primary N) is 1. The average molecular weight is 349 g/mol. The van der Waals surface area contributed by atoms with Crippen molar-refractivity contribution in [3.05, 3.63) is 22.7 Å². The van der Waals surface area contributed by atoms with E-state index in [4.69, 9.17) is 9.88 Å². The predicted molar refractivity (Wildman–Crippen MR) is 76.7 cm³/mol. The van der Waals surface area contributed by atoms with Crippen LogP contribution in [0, 0.1) is 0 Å². The third-order valence-corrected chi connectivity index (χ3v) is 4.50. The first-order chi connectivity index (χ1) is 8.97. The highest BCUT2D eigenvalue weighted by atomic mass is 79.9. The molecule has 0 aromatic heterocycles. The van der Waals surface area contributed by atoms with Gasteiger partial charge in [-0.1, -0.05) is 15.9 Å². The minimum atomic E-state index is -3.77. The van der Waals surface area contributed by atoms with Crippen LogP contribution in [0.25, 0.3) is 0 Å². The fourth-order valence-corrected chi connectivity index (χ4v) is 3.33. The van der Waals surface area contributed by atoms with Gasteiger partial charge in [-0.25, -0.2) is 13.6 Å². The Kier molecular flexibility index (Phi) is 4.83. The lowest BCUT2D eigenvalue weighted by Crippen LogP contribution is -2.25. The van der Waals surface area contributed by atoms with Crippen molar-refractivity contribution in [3.8, 4) is 5.75 Å². The Labute approximate surface area is 121 Å². The molecule has 1 saturated heterocycles. The van der Waals surface area contributed by atoms with Crippen molar-refractivity contribution in [1.29, 1.82) is 0 Å². The number of hydrogen-bond acceptors (Lipinski definition) is 4. The normalized spacial score (nSPS) is 16.7. The van der Waals surface area contributed by atoms with Crippen LogP contribution in [0.4, 0.5) is 0 Å². The van der Waals surface area contributed by atoms with Crippen molar-refractivity contribution in [2.24, 2.45) is 5.14 Å². The minimum Gasteiger partial charge on any atom is -0.491 e. The number of benzene rings is 1. The third kappa shape index (κ3) is 4.17. The summed E-state index contributed by atoms with van der Waals surface area (Å²) in [5.74, 6) is 0.310. The summed E-state index contributed by atoms with van der Waals surface area (Å²) in [5.41, 5.74) is 0. The molecule has 19 heavy (non-hydrogen) atoms. The summed E-state index contributed by atoms with van der Waals surface area (Å²) in [4.78, 5) is 2.32. The van der Waals surface area contributed by atoms with Crippen molar-refractivity contribution in [2.75, 3.05) is 26.2 Å². The van der Waals surface area contributed by atoms with Gasteiger partial charge in [0, 0.05) is 11.0 Å². The molecule has 0 spiro atoms. The smallest absolute Gasteiger partial charge is 0.241 e. The summed E-state index contributed by atoms with van der Waals surface area (Å²) >= 11 is 3.23. The average Bonchev–Trinajstić information content (AvgIpc) is 2.83. The molecule has 0 radical (unpaired) electrons. The molecular formula is C12H17BrN2O3S. The van der Waals surface area contributed by atoms with Crippen LogP contribution in [0.3, 0.4) is 0 Å². The van der Waals surface area contributed by atoms with Gasteiger partial charge in [0.15, 0.2) is 0 Å². The number of halogens is 1. The van der Waals surface area contributed by atoms with Gasteiger partial charge in [0.2, 0.25) is 10.0 Å². The maximum atomic E-state index is 11.5. The van der Waals surface area contributed by atoms with Crippen LogP contribution in [-0.4, -0.2) is 39.6 Å². The lowest BCUT2D eigenvalue weighted by Gasteiger charge is -2.16. The number of hydrogen-bond donors (Lipinski definition) is 1. The second kappa shape index (κ2) is 6.21. The maximum absolute atomic E-state index is 11.5. The molecule has 0 bridgehead atoms. The van der Waals surface area contributed by atoms with E-state index in [2.05, 4.69) is 20.8 Å². The highest BCUT2D eigenvalue weighted by molar-refractivity contribution is 9.10. The fourth-order valence-electron chi connectivity index (χ4n) is 2.11. The molecule has 1 aromatic carbocycles. The van der Waals surface area contributed by atoms with E-state index in [1.807, 2.05) is 0 Å². The predicted octanol–water partition coefficient (Wildman–Crippen LogP) is 1.57. The SMILES string of the molecule is NS(=O)(=O)c1cc(Br)ccc1OCCN1CCCC1. The van der Waals surface area contributed by atoms with Crippen LogP contribution in [0.2, 0.25) is 0 Å². The van der Waals surface area contributed by atoms with Crippen molar-refractivity contribution < 1.29 is 13.2 Å². The van der Waals surface area contributed by atoms with Crippen LogP contribution in [0.5, 0.6) is 5.75 Å². The van der Waals surface area contributed by atoms with Gasteiger partial charge in [0.05, 0.1) is 0 Å². The van der Waals surface area contributed by atoms with Crippen molar-refractivity contribution in [2.45, 2.75) is 17.7 Å². The molecule has 0 saturated carbocycles. The summed E-state index contributed by atoms with van der Waals surface area (Å²) in [6.07, 6.45) is 2.45. The Morgan fingerprint density at radius 3 is 2.63 bits per heavy atom. The molecular weight excluding hydrogens is 332 g/mol. The molecule has 1 aliphatic rings. The molecule has 1 fully saturated rings. The zero-order valence-corrected chi connectivity index (χ0v) is 12.9. The van der Waals surface area contributed by atoms with E-state index in [-0.39, 0.29) is 4.90 Å². The molecule has 1 aromatic rings. The van der Waals surface area contributed by atoms with Gasteiger partial charge < -0.3 is 4.74 Å². The van der Waals surface area contributed by atoms with Crippen molar-refractivity contribution in [1.82, 2.24) is 4.90 Å². The van der Waals surface area contributed by atoms with E-state index < -0.39 is 10.0 Å². The Balaban J connectivity index is 2.03. The van der Waals surface area contributed by atoms with E-state index in [1.54, 1.807) is 12.1 Å². The van der Waals surface area contributed by atoms with Crippen molar-refractivity contribution >= 4 is 26.0 Å². The molecule has 1 aliphatic heterocycles. The standard InChI is InChI=1S/C12H17BrN2O3S/c13-10-3-4-11(12(9-10)19(14,16)17)18-8-7-15-5-1-2-6-15/h3-4,9H,1-2,5-8H2,(H2,14,16,17). The first-order valence-corrected chi connectivity index (χ1v) is 8.48. The Morgan fingerprint density at radius 1 is 1.32 bits per heavy atom. The van der Waals surface area contributed by atoms with Gasteiger partial charge in [0.1, 0.15) is 17.3 Å². The zero-order valence-electron chi connectivity index (χ0n) is 10.5. The number of rotatable bonds is 5. The molecule has 7 heteroatoms. The number of ether oxygens (including phenoxy) is 1. The van der Waals surface area contributed by atoms with Crippen LogP contribution in [0.15, 0.2) is 27.6 Å². The second-order valence-electron chi connectivity index (χ2n) is 4.53. The Morgan fingerprint density at radius 2 is 2.00 bits per heavy atom. The first-order valence-electron chi connectivity index (χ1n) is 6.14. The number of nitrogens with zero attached hydrogens (tertiary/aromatic N) is 1. The van der Waals surface area contributed by atoms with Crippen LogP contribution < -0.4 is 9.88 Å². The van der Waals surface area contributed by atoms with Gasteiger partial charge in [-0.3, -0.25) is 4.90 Å². The van der Waals surface area contributed by atoms with E-state index in [0.717, 1.165) is 19.6 Å². The fraction of sp³-hybridized carbons (Fsp3) is 0.500. The molecule has 2 N–H and O–H groups in total. The molecule has 0 atom stereocenters. The topological polar surface area (TPSA) is 72.6 Å². The van der Waals surface area contributed by atoms with E-state index >= 15 is 0 Å². The van der Waals surface area contributed by atoms with Gasteiger partial charge in [-0.2, -0.15) is 0 Å². The summed E-state index contributed by atoms with van der Waals surface area (Å²) < 4.78 is 29.2. The van der Waals surface area contributed by atoms with Crippen molar-refractivity contribution in [3.63, 3.8) is 0 Å². The zero-order chi connectivity index (χ0) is 13.9. The Hall–Kier alpha value is -0.630. The monoisotopic (exact) mass is 348 g/mol. The van der Waals surface area contributed by atoms with Gasteiger partial charge in [-0.15, -0.1) is 0 Å². The maximum Gasteiger partial charge on any atom is 0.241 e. The largest absolute Gasteiger partial charge is 0.491 e. The van der Waals surface area contributed by atoms with Crippen LogP contribution in [0.1, 0.15) is 12.8 Å². The second-order valence-corrected chi connectivity index (χ2v) is 6.98. The van der Waals surface area contributed by atoms with Crippen LogP contribution >= 0.6 is 15.9 Å². The summed E-state index contributed by atoms with van der Waals surface area (Å²) in [7, 11) is -3.77. The minimum absolute atomic E-state index is 0.0169. The molecule has 0 aliphatic carbocycles. The molecule has 0 amide bonds. The van der Waals surface area contributed by atoms with E-state index in [9.17, 15) is 8.42 Å².